The molecule has 0 bridgehead atoms. The number of phenols is 1. The number of aromatic hydroxyl groups is 1. The molecule has 1 heterocycles. The van der Waals surface area contributed by atoms with Gasteiger partial charge >= 0.3 is 0 Å². The molecule has 1 amide bonds. The van der Waals surface area contributed by atoms with Crippen LogP contribution in [0.1, 0.15) is 43.9 Å². The lowest BCUT2D eigenvalue weighted by Crippen LogP contribution is -2.34. The Labute approximate surface area is 162 Å². The van der Waals surface area contributed by atoms with Gasteiger partial charge in [0.15, 0.2) is 11.6 Å². The molecule has 1 aromatic heterocycles. The monoisotopic (exact) mass is 384 g/mol. The molecule has 0 fully saturated rings. The van der Waals surface area contributed by atoms with Crippen LogP contribution in [0.4, 0.5) is 8.78 Å². The minimum atomic E-state index is -1.02. The predicted octanol–water partition coefficient (Wildman–Crippen LogP) is 4.86. The number of hydrogen-bond acceptors (Lipinski definition) is 3. The van der Waals surface area contributed by atoms with E-state index in [1.165, 1.54) is 6.07 Å². The number of amides is 1. The van der Waals surface area contributed by atoms with Gasteiger partial charge in [0.05, 0.1) is 6.04 Å². The molecule has 3 aromatic rings. The van der Waals surface area contributed by atoms with Crippen LogP contribution in [0.3, 0.4) is 0 Å². The highest BCUT2D eigenvalue weighted by Gasteiger charge is 2.25. The number of nitrogens with zero attached hydrogens (tertiary/aromatic N) is 1. The van der Waals surface area contributed by atoms with E-state index in [0.29, 0.717) is 29.5 Å². The van der Waals surface area contributed by atoms with E-state index >= 15 is 0 Å². The van der Waals surface area contributed by atoms with Gasteiger partial charge in [-0.15, -0.1) is 0 Å². The second-order valence-electron chi connectivity index (χ2n) is 6.71. The molecular formula is C22H22F2N2O2. The van der Waals surface area contributed by atoms with Crippen LogP contribution in [0.2, 0.25) is 0 Å². The second-order valence-corrected chi connectivity index (χ2v) is 6.71. The summed E-state index contributed by atoms with van der Waals surface area (Å²) in [7, 11) is 0. The van der Waals surface area contributed by atoms with Crippen LogP contribution in [-0.4, -0.2) is 16.0 Å². The first kappa shape index (κ1) is 19.7. The normalized spacial score (nSPS) is 12.3. The van der Waals surface area contributed by atoms with Crippen molar-refractivity contribution in [2.45, 2.75) is 32.7 Å². The third-order valence-corrected chi connectivity index (χ3v) is 5.01. The highest BCUT2D eigenvalue weighted by atomic mass is 19.2. The Morgan fingerprint density at radius 3 is 2.54 bits per heavy atom. The summed E-state index contributed by atoms with van der Waals surface area (Å²) < 4.78 is 27.3. The number of benzene rings is 2. The smallest absolute Gasteiger partial charge is 0.223 e. The molecule has 28 heavy (non-hydrogen) atoms. The number of aromatic nitrogens is 1. The highest BCUT2D eigenvalue weighted by molar-refractivity contribution is 5.86. The van der Waals surface area contributed by atoms with Gasteiger partial charge in [-0.1, -0.05) is 38.1 Å². The van der Waals surface area contributed by atoms with E-state index in [4.69, 9.17) is 0 Å². The van der Waals surface area contributed by atoms with Gasteiger partial charge in [0.25, 0.3) is 0 Å². The second kappa shape index (κ2) is 8.33. The van der Waals surface area contributed by atoms with Crippen LogP contribution in [0.25, 0.3) is 10.9 Å². The lowest BCUT2D eigenvalue weighted by Gasteiger charge is -2.24. The number of carbonyl (C=O) groups is 1. The summed E-state index contributed by atoms with van der Waals surface area (Å²) in [6.45, 7) is 3.83. The van der Waals surface area contributed by atoms with Gasteiger partial charge in [0, 0.05) is 23.1 Å². The molecule has 0 radical (unpaired) electrons. The number of nitrogens with one attached hydrogen (secondary N) is 1. The van der Waals surface area contributed by atoms with Crippen LogP contribution >= 0.6 is 0 Å². The SMILES string of the molecule is CCC(CC)C(=O)NC(c1ccc(F)c(F)c1)c1ccc2cccnc2c1O. The standard InChI is InChI=1S/C22H22F2N2O2/c1-3-13(4-2)22(28)26-19(15-8-10-17(23)18(24)12-15)16-9-7-14-6-5-11-25-20(14)21(16)27/h5-13,19,27H,3-4H2,1-2H3,(H,26,28). The zero-order chi connectivity index (χ0) is 20.3. The Kier molecular flexibility index (Phi) is 5.87. The van der Waals surface area contributed by atoms with E-state index in [-0.39, 0.29) is 17.6 Å². The van der Waals surface area contributed by atoms with Crippen molar-refractivity contribution >= 4 is 16.8 Å². The van der Waals surface area contributed by atoms with Crippen LogP contribution < -0.4 is 5.32 Å². The van der Waals surface area contributed by atoms with Crippen molar-refractivity contribution in [2.24, 2.45) is 5.92 Å². The summed E-state index contributed by atoms with van der Waals surface area (Å²) in [5.41, 5.74) is 1.09. The van der Waals surface area contributed by atoms with Crippen molar-refractivity contribution in [3.05, 3.63) is 71.4 Å². The van der Waals surface area contributed by atoms with E-state index in [1.807, 2.05) is 13.8 Å². The fraction of sp³-hybridized carbons (Fsp3) is 0.273. The maximum atomic E-state index is 13.9. The summed E-state index contributed by atoms with van der Waals surface area (Å²) in [5, 5.41) is 14.4. The van der Waals surface area contributed by atoms with E-state index in [9.17, 15) is 18.7 Å². The van der Waals surface area contributed by atoms with E-state index in [2.05, 4.69) is 10.3 Å². The minimum Gasteiger partial charge on any atom is -0.505 e. The first-order valence-electron chi connectivity index (χ1n) is 9.28. The Morgan fingerprint density at radius 1 is 1.11 bits per heavy atom. The van der Waals surface area contributed by atoms with E-state index < -0.39 is 17.7 Å². The zero-order valence-electron chi connectivity index (χ0n) is 15.7. The number of rotatable bonds is 6. The molecule has 1 unspecified atom stereocenters. The largest absolute Gasteiger partial charge is 0.505 e. The Morgan fingerprint density at radius 2 is 1.86 bits per heavy atom. The maximum absolute atomic E-state index is 13.9. The van der Waals surface area contributed by atoms with Gasteiger partial charge in [-0.3, -0.25) is 9.78 Å². The quantitative estimate of drug-likeness (QED) is 0.638. The molecular weight excluding hydrogens is 362 g/mol. The van der Waals surface area contributed by atoms with Gasteiger partial charge in [0.1, 0.15) is 11.3 Å². The lowest BCUT2D eigenvalue weighted by molar-refractivity contribution is -0.125. The molecule has 1 atom stereocenters. The average molecular weight is 384 g/mol. The van der Waals surface area contributed by atoms with Gasteiger partial charge in [-0.25, -0.2) is 8.78 Å². The van der Waals surface area contributed by atoms with Crippen molar-refractivity contribution in [1.82, 2.24) is 10.3 Å². The van der Waals surface area contributed by atoms with Crippen molar-refractivity contribution in [2.75, 3.05) is 0 Å². The molecule has 0 aliphatic heterocycles. The van der Waals surface area contributed by atoms with Crippen LogP contribution in [0.5, 0.6) is 5.75 Å². The van der Waals surface area contributed by atoms with Gasteiger partial charge < -0.3 is 10.4 Å². The topological polar surface area (TPSA) is 62.2 Å². The molecule has 2 N–H and O–H groups in total. The molecule has 3 rings (SSSR count). The Balaban J connectivity index is 2.11. The van der Waals surface area contributed by atoms with Gasteiger partial charge in [-0.05, 0) is 36.6 Å². The first-order valence-corrected chi connectivity index (χ1v) is 9.28. The molecule has 0 aliphatic carbocycles. The molecule has 146 valence electrons. The summed E-state index contributed by atoms with van der Waals surface area (Å²) in [6.07, 6.45) is 2.86. The Hall–Kier alpha value is -3.02. The van der Waals surface area contributed by atoms with E-state index in [0.717, 1.165) is 17.5 Å². The number of halogens is 2. The highest BCUT2D eigenvalue weighted by Crippen LogP contribution is 2.35. The number of hydrogen-bond donors (Lipinski definition) is 2. The van der Waals surface area contributed by atoms with Crippen LogP contribution in [0, 0.1) is 17.6 Å². The fourth-order valence-corrected chi connectivity index (χ4v) is 3.33. The Bertz CT molecular complexity index is 1000. The number of fused-ring (bicyclic) bond motifs is 1. The first-order chi connectivity index (χ1) is 13.5. The van der Waals surface area contributed by atoms with E-state index in [1.54, 1.807) is 30.5 Å². The van der Waals surface area contributed by atoms with Crippen molar-refractivity contribution in [3.8, 4) is 5.75 Å². The summed E-state index contributed by atoms with van der Waals surface area (Å²) in [6, 6.07) is 9.61. The summed E-state index contributed by atoms with van der Waals surface area (Å²) >= 11 is 0. The molecule has 0 saturated heterocycles. The summed E-state index contributed by atoms with van der Waals surface area (Å²) in [4.78, 5) is 16.9. The lowest BCUT2D eigenvalue weighted by atomic mass is 9.94. The van der Waals surface area contributed by atoms with Crippen molar-refractivity contribution in [3.63, 3.8) is 0 Å². The molecule has 4 nitrogen and oxygen atoms in total. The number of carbonyl (C=O) groups excluding carboxylic acids is 1. The number of phenolic OH excluding ortho intramolecular Hbond substituents is 1. The predicted molar refractivity (Wildman–Crippen MR) is 104 cm³/mol. The molecule has 0 spiro atoms. The molecule has 2 aromatic carbocycles. The summed E-state index contributed by atoms with van der Waals surface area (Å²) in [5.74, 6) is -2.51. The van der Waals surface area contributed by atoms with Gasteiger partial charge in [-0.2, -0.15) is 0 Å². The van der Waals surface area contributed by atoms with Crippen molar-refractivity contribution < 1.29 is 18.7 Å². The molecule has 0 aliphatic rings. The zero-order valence-corrected chi connectivity index (χ0v) is 15.7. The van der Waals surface area contributed by atoms with Gasteiger partial charge in [0.2, 0.25) is 5.91 Å². The third-order valence-electron chi connectivity index (χ3n) is 5.01. The number of pyridine rings is 1. The van der Waals surface area contributed by atoms with Crippen LogP contribution in [-0.2, 0) is 4.79 Å². The van der Waals surface area contributed by atoms with Crippen molar-refractivity contribution in [1.29, 1.82) is 0 Å². The minimum absolute atomic E-state index is 0.0994. The molecule has 0 saturated carbocycles. The van der Waals surface area contributed by atoms with Crippen LogP contribution in [0.15, 0.2) is 48.7 Å². The fourth-order valence-electron chi connectivity index (χ4n) is 3.33. The maximum Gasteiger partial charge on any atom is 0.223 e. The third kappa shape index (κ3) is 3.81. The average Bonchev–Trinajstić information content (AvgIpc) is 2.70. The molecule has 6 heteroatoms.